The number of amides is 1. The van der Waals surface area contributed by atoms with E-state index in [1.807, 2.05) is 23.6 Å². The molecule has 29 heavy (non-hydrogen) atoms. The van der Waals surface area contributed by atoms with Crippen molar-refractivity contribution in [3.63, 3.8) is 0 Å². The van der Waals surface area contributed by atoms with Gasteiger partial charge in [0.05, 0.1) is 12.4 Å². The van der Waals surface area contributed by atoms with Gasteiger partial charge in [-0.3, -0.25) is 9.36 Å². The number of thioether (sulfide) groups is 1. The zero-order valence-electron chi connectivity index (χ0n) is 16.0. The zero-order valence-corrected chi connectivity index (χ0v) is 16.8. The topological polar surface area (TPSA) is 69.0 Å². The summed E-state index contributed by atoms with van der Waals surface area (Å²) >= 11 is 1.28. The highest BCUT2D eigenvalue weighted by atomic mass is 32.2. The normalized spacial score (nSPS) is 10.6. The van der Waals surface area contributed by atoms with Crippen LogP contribution < -0.4 is 10.1 Å². The van der Waals surface area contributed by atoms with Crippen LogP contribution in [0.25, 0.3) is 11.4 Å². The quantitative estimate of drug-likeness (QED) is 0.417. The third-order valence-electron chi connectivity index (χ3n) is 3.91. The molecule has 3 aromatic rings. The van der Waals surface area contributed by atoms with E-state index in [1.54, 1.807) is 30.3 Å². The number of hydrogen-bond donors (Lipinski definition) is 1. The average molecular weight is 412 g/mol. The van der Waals surface area contributed by atoms with E-state index in [2.05, 4.69) is 22.1 Å². The Labute approximate surface area is 172 Å². The highest BCUT2D eigenvalue weighted by molar-refractivity contribution is 7.99. The van der Waals surface area contributed by atoms with Crippen LogP contribution in [-0.4, -0.2) is 33.0 Å². The highest BCUT2D eigenvalue weighted by Gasteiger charge is 2.15. The summed E-state index contributed by atoms with van der Waals surface area (Å²) in [7, 11) is 0. The number of nitrogens with one attached hydrogen (secondary N) is 1. The van der Waals surface area contributed by atoms with Crippen molar-refractivity contribution in [2.45, 2.75) is 18.6 Å². The Morgan fingerprint density at radius 2 is 1.93 bits per heavy atom. The van der Waals surface area contributed by atoms with Crippen LogP contribution in [0.4, 0.5) is 10.1 Å². The predicted octanol–water partition coefficient (Wildman–Crippen LogP) is 4.40. The van der Waals surface area contributed by atoms with Gasteiger partial charge in [-0.15, -0.1) is 16.8 Å². The molecule has 3 rings (SSSR count). The van der Waals surface area contributed by atoms with Gasteiger partial charge in [-0.05, 0) is 55.5 Å². The second kappa shape index (κ2) is 9.88. The number of carbonyl (C=O) groups excluding carboxylic acids is 1. The molecule has 0 saturated heterocycles. The molecule has 0 unspecified atom stereocenters. The largest absolute Gasteiger partial charge is 0.494 e. The monoisotopic (exact) mass is 412 g/mol. The minimum Gasteiger partial charge on any atom is -0.494 e. The van der Waals surface area contributed by atoms with Crippen molar-refractivity contribution < 1.29 is 13.9 Å². The zero-order chi connectivity index (χ0) is 20.6. The molecular weight excluding hydrogens is 391 g/mol. The number of allylic oxidation sites excluding steroid dienone is 1. The Morgan fingerprint density at radius 1 is 1.21 bits per heavy atom. The highest BCUT2D eigenvalue weighted by Crippen LogP contribution is 2.24. The molecule has 1 amide bonds. The lowest BCUT2D eigenvalue weighted by Gasteiger charge is -2.09. The maximum atomic E-state index is 13.2. The van der Waals surface area contributed by atoms with Crippen LogP contribution in [0.1, 0.15) is 6.92 Å². The molecule has 0 atom stereocenters. The molecule has 0 fully saturated rings. The Hall–Kier alpha value is -3.13. The average Bonchev–Trinajstić information content (AvgIpc) is 3.12. The molecular formula is C21H21FN4O2S. The van der Waals surface area contributed by atoms with Gasteiger partial charge < -0.3 is 10.1 Å². The third-order valence-corrected chi connectivity index (χ3v) is 4.88. The Bertz CT molecular complexity index is 971. The minimum absolute atomic E-state index is 0.157. The van der Waals surface area contributed by atoms with E-state index in [0.29, 0.717) is 29.8 Å². The Morgan fingerprint density at radius 3 is 2.59 bits per heavy atom. The molecule has 1 heterocycles. The molecule has 0 bridgehead atoms. The van der Waals surface area contributed by atoms with Gasteiger partial charge in [-0.25, -0.2) is 4.39 Å². The minimum atomic E-state index is -0.316. The molecule has 6 nitrogen and oxygen atoms in total. The molecule has 0 aliphatic rings. The van der Waals surface area contributed by atoms with Crippen molar-refractivity contribution in [3.05, 3.63) is 67.0 Å². The number of rotatable bonds is 9. The maximum Gasteiger partial charge on any atom is 0.234 e. The smallest absolute Gasteiger partial charge is 0.234 e. The van der Waals surface area contributed by atoms with Gasteiger partial charge in [-0.2, -0.15) is 0 Å². The van der Waals surface area contributed by atoms with E-state index in [0.717, 1.165) is 11.3 Å². The summed E-state index contributed by atoms with van der Waals surface area (Å²) in [5.74, 6) is 1.05. The van der Waals surface area contributed by atoms with Crippen molar-refractivity contribution in [1.29, 1.82) is 0 Å². The SMILES string of the molecule is C=CCn1c(SCC(=O)Nc2ccc(OCC)cc2)nnc1-c1ccc(F)cc1. The van der Waals surface area contributed by atoms with Crippen LogP contribution in [0.2, 0.25) is 0 Å². The summed E-state index contributed by atoms with van der Waals surface area (Å²) < 4.78 is 20.4. The Balaban J connectivity index is 1.65. The predicted molar refractivity (Wildman–Crippen MR) is 113 cm³/mol. The summed E-state index contributed by atoms with van der Waals surface area (Å²) in [6.45, 7) is 6.74. The van der Waals surface area contributed by atoms with Gasteiger partial charge >= 0.3 is 0 Å². The first-order valence-corrected chi connectivity index (χ1v) is 10.0. The first kappa shape index (κ1) is 20.6. The number of anilines is 1. The van der Waals surface area contributed by atoms with Gasteiger partial charge in [0.25, 0.3) is 0 Å². The lowest BCUT2D eigenvalue weighted by Crippen LogP contribution is -2.14. The molecule has 0 aliphatic carbocycles. The van der Waals surface area contributed by atoms with Gasteiger partial charge in [-0.1, -0.05) is 17.8 Å². The standard InChI is InChI=1S/C21H21FN4O2S/c1-3-13-26-20(15-5-7-16(22)8-6-15)24-25-21(26)29-14-19(27)23-17-9-11-18(12-10-17)28-4-2/h3,5-12H,1,4,13-14H2,2H3,(H,23,27). The molecule has 0 aliphatic heterocycles. The number of hydrogen-bond acceptors (Lipinski definition) is 5. The van der Waals surface area contributed by atoms with E-state index in [4.69, 9.17) is 4.74 Å². The van der Waals surface area contributed by atoms with Crippen molar-refractivity contribution >= 4 is 23.4 Å². The van der Waals surface area contributed by atoms with Gasteiger partial charge in [0.15, 0.2) is 11.0 Å². The van der Waals surface area contributed by atoms with Crippen molar-refractivity contribution in [3.8, 4) is 17.1 Å². The summed E-state index contributed by atoms with van der Waals surface area (Å²) in [6.07, 6.45) is 1.72. The summed E-state index contributed by atoms with van der Waals surface area (Å²) in [5, 5.41) is 11.8. The van der Waals surface area contributed by atoms with E-state index in [1.165, 1.54) is 23.9 Å². The second-order valence-electron chi connectivity index (χ2n) is 6.01. The van der Waals surface area contributed by atoms with E-state index in [-0.39, 0.29) is 17.5 Å². The molecule has 0 radical (unpaired) electrons. The van der Waals surface area contributed by atoms with Crippen LogP contribution in [0.3, 0.4) is 0 Å². The first-order chi connectivity index (χ1) is 14.1. The summed E-state index contributed by atoms with van der Waals surface area (Å²) in [5.41, 5.74) is 1.44. The number of carbonyl (C=O) groups is 1. The number of nitrogens with zero attached hydrogens (tertiary/aromatic N) is 3. The van der Waals surface area contributed by atoms with Crippen LogP contribution in [0.15, 0.2) is 66.3 Å². The van der Waals surface area contributed by atoms with Crippen LogP contribution in [-0.2, 0) is 11.3 Å². The maximum absolute atomic E-state index is 13.2. The number of halogens is 1. The van der Waals surface area contributed by atoms with Gasteiger partial charge in [0.1, 0.15) is 11.6 Å². The summed E-state index contributed by atoms with van der Waals surface area (Å²) in [4.78, 5) is 12.3. The molecule has 0 saturated carbocycles. The van der Waals surface area contributed by atoms with Crippen molar-refractivity contribution in [2.75, 3.05) is 17.7 Å². The fraction of sp³-hybridized carbons (Fsp3) is 0.190. The van der Waals surface area contributed by atoms with Crippen molar-refractivity contribution in [1.82, 2.24) is 14.8 Å². The van der Waals surface area contributed by atoms with Gasteiger partial charge in [0.2, 0.25) is 5.91 Å². The molecule has 0 spiro atoms. The molecule has 1 N–H and O–H groups in total. The third kappa shape index (κ3) is 5.45. The van der Waals surface area contributed by atoms with Crippen LogP contribution in [0.5, 0.6) is 5.75 Å². The Kier molecular flexibility index (Phi) is 7.02. The number of ether oxygens (including phenoxy) is 1. The molecule has 8 heteroatoms. The first-order valence-electron chi connectivity index (χ1n) is 9.06. The van der Waals surface area contributed by atoms with Crippen molar-refractivity contribution in [2.24, 2.45) is 0 Å². The van der Waals surface area contributed by atoms with E-state index in [9.17, 15) is 9.18 Å². The second-order valence-corrected chi connectivity index (χ2v) is 6.95. The molecule has 2 aromatic carbocycles. The van der Waals surface area contributed by atoms with E-state index >= 15 is 0 Å². The molecule has 1 aromatic heterocycles. The summed E-state index contributed by atoms with van der Waals surface area (Å²) in [6, 6.07) is 13.2. The lowest BCUT2D eigenvalue weighted by atomic mass is 10.2. The molecule has 150 valence electrons. The van der Waals surface area contributed by atoms with Gasteiger partial charge in [0, 0.05) is 17.8 Å². The van der Waals surface area contributed by atoms with Crippen LogP contribution in [0, 0.1) is 5.82 Å². The number of benzene rings is 2. The van der Waals surface area contributed by atoms with E-state index < -0.39 is 0 Å². The fourth-order valence-electron chi connectivity index (χ4n) is 2.63. The number of aromatic nitrogens is 3. The lowest BCUT2D eigenvalue weighted by molar-refractivity contribution is -0.113. The van der Waals surface area contributed by atoms with Crippen LogP contribution >= 0.6 is 11.8 Å². The fourth-order valence-corrected chi connectivity index (χ4v) is 3.38.